The first-order valence-corrected chi connectivity index (χ1v) is 10.5. The van der Waals surface area contributed by atoms with Crippen molar-refractivity contribution < 1.29 is 4.79 Å². The lowest BCUT2D eigenvalue weighted by molar-refractivity contribution is -0.118. The topological polar surface area (TPSA) is 81.2 Å². The van der Waals surface area contributed by atoms with Crippen LogP contribution < -0.4 is 4.90 Å². The van der Waals surface area contributed by atoms with Gasteiger partial charge in [-0.15, -0.1) is 5.10 Å². The summed E-state index contributed by atoms with van der Waals surface area (Å²) in [5.74, 6) is 0.612. The van der Waals surface area contributed by atoms with Gasteiger partial charge in [0.15, 0.2) is 5.82 Å². The molecular formula is C23H21N7O. The number of imidazole rings is 1. The average molecular weight is 411 g/mol. The number of aryl methyl sites for hydroxylation is 2. The predicted octanol–water partition coefficient (Wildman–Crippen LogP) is 3.04. The lowest BCUT2D eigenvalue weighted by Crippen LogP contribution is -2.27. The second-order valence-electron chi connectivity index (χ2n) is 8.07. The Hall–Kier alpha value is -3.81. The molecule has 0 fully saturated rings. The molecule has 0 unspecified atom stereocenters. The standard InChI is InChI=1S/C23H21N7O/c1-14-17-13-29(27-14)10-5-7-21(31)28(2)23-22(30-11-4-3-6-20(30)24-23)19-12-16-15(17)8-9-18(16)25-26-19/h3-4,6,8,11-13H,5,7,9-10H2,1-2H3. The summed E-state index contributed by atoms with van der Waals surface area (Å²) in [5.41, 5.74) is 7.49. The molecule has 4 aromatic rings. The number of carbonyl (C=O) groups excluding carboxylic acids is 1. The summed E-state index contributed by atoms with van der Waals surface area (Å²) < 4.78 is 3.91. The quantitative estimate of drug-likeness (QED) is 0.444. The monoisotopic (exact) mass is 411 g/mol. The highest BCUT2D eigenvalue weighted by Crippen LogP contribution is 2.37. The molecule has 0 radical (unpaired) electrons. The maximum Gasteiger partial charge on any atom is 0.228 e. The van der Waals surface area contributed by atoms with E-state index in [4.69, 9.17) is 4.98 Å². The molecule has 4 bridgehead atoms. The van der Waals surface area contributed by atoms with Crippen molar-refractivity contribution in [3.8, 4) is 11.4 Å². The highest BCUT2D eigenvalue weighted by atomic mass is 16.2. The molecule has 0 saturated carbocycles. The van der Waals surface area contributed by atoms with E-state index < -0.39 is 0 Å². The third-order valence-corrected chi connectivity index (χ3v) is 6.12. The Morgan fingerprint density at radius 1 is 1.13 bits per heavy atom. The summed E-state index contributed by atoms with van der Waals surface area (Å²) in [6, 6.07) is 7.89. The van der Waals surface area contributed by atoms with E-state index in [0.717, 1.165) is 45.8 Å². The molecule has 31 heavy (non-hydrogen) atoms. The fourth-order valence-electron chi connectivity index (χ4n) is 4.51. The molecule has 0 N–H and O–H groups in total. The zero-order valence-corrected chi connectivity index (χ0v) is 17.4. The Morgan fingerprint density at radius 2 is 2.03 bits per heavy atom. The molecule has 5 heterocycles. The van der Waals surface area contributed by atoms with Crippen molar-refractivity contribution in [3.05, 3.63) is 65.2 Å². The molecule has 154 valence electrons. The van der Waals surface area contributed by atoms with Crippen LogP contribution in [0.15, 0.2) is 42.7 Å². The fraction of sp³-hybridized carbons (Fsp3) is 0.261. The smallest absolute Gasteiger partial charge is 0.228 e. The normalized spacial score (nSPS) is 15.7. The lowest BCUT2D eigenvalue weighted by Gasteiger charge is -2.17. The first-order valence-electron chi connectivity index (χ1n) is 10.5. The van der Waals surface area contributed by atoms with E-state index in [9.17, 15) is 4.79 Å². The Bertz CT molecular complexity index is 1390. The van der Waals surface area contributed by atoms with Crippen molar-refractivity contribution in [3.63, 3.8) is 0 Å². The van der Waals surface area contributed by atoms with Crippen molar-refractivity contribution in [1.82, 2.24) is 29.4 Å². The van der Waals surface area contributed by atoms with Crippen LogP contribution in [0.3, 0.4) is 0 Å². The zero-order valence-electron chi connectivity index (χ0n) is 17.4. The van der Waals surface area contributed by atoms with Gasteiger partial charge < -0.3 is 0 Å². The van der Waals surface area contributed by atoms with E-state index in [1.54, 1.807) is 11.9 Å². The Morgan fingerprint density at radius 3 is 2.94 bits per heavy atom. The predicted molar refractivity (Wildman–Crippen MR) is 117 cm³/mol. The van der Waals surface area contributed by atoms with Gasteiger partial charge in [-0.1, -0.05) is 12.1 Å². The van der Waals surface area contributed by atoms with Gasteiger partial charge in [0.1, 0.15) is 17.0 Å². The molecule has 0 spiro atoms. The van der Waals surface area contributed by atoms with Gasteiger partial charge in [0.25, 0.3) is 0 Å². The third-order valence-electron chi connectivity index (χ3n) is 6.12. The number of nitrogens with zero attached hydrogens (tertiary/aromatic N) is 7. The van der Waals surface area contributed by atoms with E-state index >= 15 is 0 Å². The van der Waals surface area contributed by atoms with Crippen LogP contribution in [0.2, 0.25) is 0 Å². The van der Waals surface area contributed by atoms with Crippen LogP contribution in [0.4, 0.5) is 5.82 Å². The Labute approximate surface area is 178 Å². The molecular weight excluding hydrogens is 390 g/mol. The van der Waals surface area contributed by atoms with Crippen LogP contribution in [0.5, 0.6) is 0 Å². The largest absolute Gasteiger partial charge is 0.298 e. The van der Waals surface area contributed by atoms with Crippen LogP contribution in [-0.2, 0) is 17.8 Å². The molecule has 6 rings (SSSR count). The fourth-order valence-corrected chi connectivity index (χ4v) is 4.51. The van der Waals surface area contributed by atoms with Gasteiger partial charge in [-0.05, 0) is 37.1 Å². The molecule has 4 aromatic heterocycles. The van der Waals surface area contributed by atoms with Gasteiger partial charge in [-0.3, -0.25) is 18.8 Å². The summed E-state index contributed by atoms with van der Waals surface area (Å²) in [7, 11) is 1.78. The molecule has 8 nitrogen and oxygen atoms in total. The third kappa shape index (κ3) is 2.71. The number of fused-ring (bicyclic) bond motifs is 8. The van der Waals surface area contributed by atoms with Crippen LogP contribution in [-0.4, -0.2) is 42.3 Å². The van der Waals surface area contributed by atoms with Gasteiger partial charge in [-0.2, -0.15) is 10.2 Å². The minimum Gasteiger partial charge on any atom is -0.298 e. The van der Waals surface area contributed by atoms with Crippen molar-refractivity contribution >= 4 is 22.9 Å². The number of hydrogen-bond acceptors (Lipinski definition) is 5. The number of allylic oxidation sites excluding steroid dienone is 1. The summed E-state index contributed by atoms with van der Waals surface area (Å²) in [6.07, 6.45) is 8.10. The lowest BCUT2D eigenvalue weighted by atomic mass is 10.0. The second kappa shape index (κ2) is 6.60. The number of pyridine rings is 1. The highest BCUT2D eigenvalue weighted by molar-refractivity contribution is 5.96. The van der Waals surface area contributed by atoms with Crippen LogP contribution in [0.1, 0.15) is 35.4 Å². The van der Waals surface area contributed by atoms with Crippen molar-refractivity contribution in [1.29, 1.82) is 0 Å². The van der Waals surface area contributed by atoms with Crippen molar-refractivity contribution in [2.75, 3.05) is 11.9 Å². The minimum atomic E-state index is 0.0144. The van der Waals surface area contributed by atoms with Crippen LogP contribution in [0, 0.1) is 6.92 Å². The molecule has 1 aliphatic heterocycles. The molecule has 1 aliphatic carbocycles. The van der Waals surface area contributed by atoms with Gasteiger partial charge in [0.05, 0.1) is 11.4 Å². The van der Waals surface area contributed by atoms with E-state index in [1.807, 2.05) is 40.4 Å². The maximum atomic E-state index is 13.0. The average Bonchev–Trinajstić information content (AvgIpc) is 3.46. The van der Waals surface area contributed by atoms with Crippen molar-refractivity contribution in [2.45, 2.75) is 32.7 Å². The zero-order chi connectivity index (χ0) is 21.1. The van der Waals surface area contributed by atoms with E-state index in [2.05, 4.69) is 33.6 Å². The van der Waals surface area contributed by atoms with Gasteiger partial charge in [0.2, 0.25) is 5.91 Å². The first kappa shape index (κ1) is 18.0. The SMILES string of the molecule is Cc1nn2cc1C1=CCc3nnc(cc31)-c1c(nc3ccccn13)N(C)C(=O)CCC2. The number of hydrogen-bond donors (Lipinski definition) is 0. The Balaban J connectivity index is 1.63. The molecule has 0 atom stereocenters. The van der Waals surface area contributed by atoms with Gasteiger partial charge >= 0.3 is 0 Å². The number of carbonyl (C=O) groups is 1. The minimum absolute atomic E-state index is 0.0144. The summed E-state index contributed by atoms with van der Waals surface area (Å²) >= 11 is 0. The van der Waals surface area contributed by atoms with Crippen molar-refractivity contribution in [2.24, 2.45) is 0 Å². The molecule has 8 heteroatoms. The van der Waals surface area contributed by atoms with Crippen LogP contribution in [0.25, 0.3) is 22.6 Å². The van der Waals surface area contributed by atoms with E-state index in [1.165, 1.54) is 0 Å². The Kier molecular flexibility index (Phi) is 3.83. The first-order chi connectivity index (χ1) is 15.1. The number of anilines is 1. The van der Waals surface area contributed by atoms with E-state index in [-0.39, 0.29) is 5.91 Å². The maximum absolute atomic E-state index is 13.0. The van der Waals surface area contributed by atoms with E-state index in [0.29, 0.717) is 30.9 Å². The number of amides is 1. The molecule has 0 aromatic carbocycles. The van der Waals surface area contributed by atoms with Gasteiger partial charge in [-0.25, -0.2) is 4.98 Å². The number of aromatic nitrogens is 6. The summed E-state index contributed by atoms with van der Waals surface area (Å²) in [6.45, 7) is 2.72. The van der Waals surface area contributed by atoms with Crippen LogP contribution >= 0.6 is 0 Å². The molecule has 2 aliphatic rings. The highest BCUT2D eigenvalue weighted by Gasteiger charge is 2.27. The summed E-state index contributed by atoms with van der Waals surface area (Å²) in [5, 5.41) is 13.8. The summed E-state index contributed by atoms with van der Waals surface area (Å²) in [4.78, 5) is 19.4. The molecule has 0 saturated heterocycles. The second-order valence-corrected chi connectivity index (χ2v) is 8.07. The van der Waals surface area contributed by atoms with Gasteiger partial charge in [0, 0.05) is 50.0 Å². The molecule has 1 amide bonds. The number of rotatable bonds is 0.